The van der Waals surface area contributed by atoms with Gasteiger partial charge < -0.3 is 4.74 Å². The standard InChI is InChI=1S/C19H24N6O2/c1-27-19(26)13-5-2-4-12(13)17-21-18(15-6-3-9-25(15)24-17)20-16-10-14(22-23-16)11-7-8-11/h6,10-13H,2-5,7-9H2,1H3,(H2,20,21,22,23,24). The van der Waals surface area contributed by atoms with Crippen molar-refractivity contribution in [3.05, 3.63) is 23.5 Å². The number of nitrogens with one attached hydrogen (secondary N) is 2. The number of hydrogen-bond donors (Lipinski definition) is 2. The Morgan fingerprint density at radius 2 is 2.22 bits per heavy atom. The number of hydrogen-bond acceptors (Lipinski definition) is 6. The number of methoxy groups -OCH3 is 1. The van der Waals surface area contributed by atoms with Crippen LogP contribution in [0.15, 0.2) is 27.8 Å². The van der Waals surface area contributed by atoms with Crippen molar-refractivity contribution in [2.75, 3.05) is 13.7 Å². The summed E-state index contributed by atoms with van der Waals surface area (Å²) in [5, 5.41) is 9.53. The van der Waals surface area contributed by atoms with Crippen LogP contribution in [0.25, 0.3) is 0 Å². The number of aromatic nitrogens is 2. The number of amidine groups is 2. The molecule has 8 nitrogen and oxygen atoms in total. The van der Waals surface area contributed by atoms with Crippen molar-refractivity contribution in [1.29, 1.82) is 0 Å². The fourth-order valence-electron chi connectivity index (χ4n) is 4.29. The number of carbonyl (C=O) groups excluding carboxylic acids is 1. The van der Waals surface area contributed by atoms with Gasteiger partial charge in [-0.25, -0.2) is 9.98 Å². The van der Waals surface area contributed by atoms with Crippen molar-refractivity contribution in [3.63, 3.8) is 0 Å². The van der Waals surface area contributed by atoms with Crippen LogP contribution in [0.1, 0.15) is 50.1 Å². The molecule has 2 unspecified atom stereocenters. The molecule has 2 saturated carbocycles. The van der Waals surface area contributed by atoms with E-state index < -0.39 is 0 Å². The molecule has 27 heavy (non-hydrogen) atoms. The molecule has 0 radical (unpaired) electrons. The monoisotopic (exact) mass is 368 g/mol. The Hall–Kier alpha value is -2.64. The van der Waals surface area contributed by atoms with Gasteiger partial charge in [-0.15, -0.1) is 0 Å². The smallest absolute Gasteiger partial charge is 0.309 e. The van der Waals surface area contributed by atoms with E-state index in [4.69, 9.17) is 14.7 Å². The number of rotatable bonds is 4. The molecule has 2 N–H and O–H groups in total. The summed E-state index contributed by atoms with van der Waals surface area (Å²) in [5.74, 6) is 2.53. The molecule has 1 aromatic heterocycles. The largest absolute Gasteiger partial charge is 0.469 e. The molecule has 1 aromatic rings. The maximum absolute atomic E-state index is 12.2. The highest BCUT2D eigenvalue weighted by Crippen LogP contribution is 2.40. The zero-order valence-electron chi connectivity index (χ0n) is 15.4. The van der Waals surface area contributed by atoms with Gasteiger partial charge >= 0.3 is 5.97 Å². The van der Waals surface area contributed by atoms with E-state index in [1.54, 1.807) is 0 Å². The second kappa shape index (κ2) is 6.51. The first kappa shape index (κ1) is 16.5. The van der Waals surface area contributed by atoms with Gasteiger partial charge in [0.25, 0.3) is 0 Å². The van der Waals surface area contributed by atoms with Gasteiger partial charge in [0, 0.05) is 30.1 Å². The van der Waals surface area contributed by atoms with Crippen LogP contribution >= 0.6 is 0 Å². The molecular weight excluding hydrogens is 344 g/mol. The number of fused-ring (bicyclic) bond motifs is 1. The Morgan fingerprint density at radius 3 is 3.04 bits per heavy atom. The van der Waals surface area contributed by atoms with Crippen molar-refractivity contribution < 1.29 is 9.53 Å². The third-order valence-corrected chi connectivity index (χ3v) is 5.88. The van der Waals surface area contributed by atoms with Gasteiger partial charge in [0.15, 0.2) is 11.7 Å². The van der Waals surface area contributed by atoms with Gasteiger partial charge in [0.05, 0.1) is 18.7 Å². The highest BCUT2D eigenvalue weighted by atomic mass is 16.5. The lowest BCUT2D eigenvalue weighted by Crippen LogP contribution is -2.49. The van der Waals surface area contributed by atoms with Crippen LogP contribution in [0.2, 0.25) is 0 Å². The van der Waals surface area contributed by atoms with Crippen LogP contribution in [-0.2, 0) is 9.53 Å². The number of aliphatic imine (C=N–C) groups is 2. The lowest BCUT2D eigenvalue weighted by atomic mass is 9.94. The second-order valence-corrected chi connectivity index (χ2v) is 7.70. The number of H-pyrrole nitrogens is 1. The van der Waals surface area contributed by atoms with E-state index in [0.29, 0.717) is 17.6 Å². The summed E-state index contributed by atoms with van der Waals surface area (Å²) in [5.41, 5.74) is 5.56. The predicted molar refractivity (Wildman–Crippen MR) is 100 cm³/mol. The Bertz CT molecular complexity index is 850. The molecule has 2 aliphatic carbocycles. The van der Waals surface area contributed by atoms with Crippen molar-refractivity contribution in [1.82, 2.24) is 20.6 Å². The highest BCUT2D eigenvalue weighted by molar-refractivity contribution is 6.10. The van der Waals surface area contributed by atoms with E-state index in [0.717, 1.165) is 49.5 Å². The average Bonchev–Trinajstić information content (AvgIpc) is 3.09. The Balaban J connectivity index is 1.47. The second-order valence-electron chi connectivity index (χ2n) is 7.70. The van der Waals surface area contributed by atoms with Crippen molar-refractivity contribution >= 4 is 23.5 Å². The summed E-state index contributed by atoms with van der Waals surface area (Å²) >= 11 is 0. The van der Waals surface area contributed by atoms with Gasteiger partial charge in [0.1, 0.15) is 5.84 Å². The van der Waals surface area contributed by atoms with Crippen molar-refractivity contribution in [3.8, 4) is 0 Å². The summed E-state index contributed by atoms with van der Waals surface area (Å²) in [4.78, 5) is 21.7. The summed E-state index contributed by atoms with van der Waals surface area (Å²) in [6.45, 7) is 0.872. The molecule has 0 amide bonds. The van der Waals surface area contributed by atoms with Crippen LogP contribution in [-0.4, -0.2) is 46.5 Å². The fraction of sp³-hybridized carbons (Fsp3) is 0.579. The number of aromatic amines is 1. The van der Waals surface area contributed by atoms with Gasteiger partial charge in [-0.1, -0.05) is 12.5 Å². The Labute approximate surface area is 157 Å². The number of hydrazine groups is 1. The van der Waals surface area contributed by atoms with E-state index >= 15 is 0 Å². The minimum Gasteiger partial charge on any atom is -0.469 e. The quantitative estimate of drug-likeness (QED) is 0.796. The molecule has 2 fully saturated rings. The lowest BCUT2D eigenvalue weighted by molar-refractivity contribution is -0.145. The Kier molecular flexibility index (Phi) is 3.98. The van der Waals surface area contributed by atoms with Gasteiger partial charge in [-0.05, 0) is 32.1 Å². The van der Waals surface area contributed by atoms with Crippen LogP contribution in [0.3, 0.4) is 0 Å². The van der Waals surface area contributed by atoms with Gasteiger partial charge in [0.2, 0.25) is 0 Å². The molecule has 8 heteroatoms. The molecule has 0 spiro atoms. The number of esters is 1. The predicted octanol–water partition coefficient (Wildman–Crippen LogP) is 2.41. The zero-order chi connectivity index (χ0) is 18.4. The van der Waals surface area contributed by atoms with Gasteiger partial charge in [-0.3, -0.25) is 20.3 Å². The van der Waals surface area contributed by atoms with Crippen LogP contribution in [0.4, 0.5) is 5.82 Å². The summed E-state index contributed by atoms with van der Waals surface area (Å²) in [6.07, 6.45) is 8.32. The number of nitrogens with zero attached hydrogens (tertiary/aromatic N) is 4. The molecule has 4 aliphatic rings. The SMILES string of the molecule is COC(=O)C1CCCC1C1=NC(=Nc2cc(C3CC3)[nH]n2)C2=CCCN2N1. The third-order valence-electron chi connectivity index (χ3n) is 5.88. The molecule has 5 rings (SSSR count). The fourth-order valence-corrected chi connectivity index (χ4v) is 4.29. The molecule has 2 atom stereocenters. The number of ether oxygens (including phenoxy) is 1. The lowest BCUT2D eigenvalue weighted by Gasteiger charge is -2.32. The first-order valence-electron chi connectivity index (χ1n) is 9.78. The molecule has 142 valence electrons. The average molecular weight is 368 g/mol. The molecule has 3 heterocycles. The summed E-state index contributed by atoms with van der Waals surface area (Å²) in [7, 11) is 1.46. The van der Waals surface area contributed by atoms with Crippen LogP contribution < -0.4 is 5.43 Å². The van der Waals surface area contributed by atoms with E-state index in [2.05, 4.69) is 26.7 Å². The molecule has 0 aromatic carbocycles. The molecule has 0 saturated heterocycles. The third kappa shape index (κ3) is 3.02. The summed E-state index contributed by atoms with van der Waals surface area (Å²) < 4.78 is 5.00. The van der Waals surface area contributed by atoms with Gasteiger partial charge in [-0.2, -0.15) is 5.10 Å². The van der Waals surface area contributed by atoms with E-state index in [9.17, 15) is 4.79 Å². The minimum absolute atomic E-state index is 0.0472. The van der Waals surface area contributed by atoms with E-state index in [1.165, 1.54) is 20.0 Å². The minimum atomic E-state index is -0.148. The van der Waals surface area contributed by atoms with E-state index in [1.807, 2.05) is 6.07 Å². The first-order valence-corrected chi connectivity index (χ1v) is 9.78. The van der Waals surface area contributed by atoms with Crippen molar-refractivity contribution in [2.45, 2.75) is 44.4 Å². The Morgan fingerprint density at radius 1 is 1.33 bits per heavy atom. The molecule has 2 aliphatic heterocycles. The van der Waals surface area contributed by atoms with Crippen LogP contribution in [0, 0.1) is 11.8 Å². The number of carbonyl (C=O) groups is 1. The summed E-state index contributed by atoms with van der Waals surface area (Å²) in [6, 6.07) is 2.02. The van der Waals surface area contributed by atoms with Crippen LogP contribution in [0.5, 0.6) is 0 Å². The topological polar surface area (TPSA) is 95.0 Å². The van der Waals surface area contributed by atoms with E-state index in [-0.39, 0.29) is 17.8 Å². The first-order chi connectivity index (χ1) is 13.2. The maximum Gasteiger partial charge on any atom is 0.309 e. The zero-order valence-corrected chi connectivity index (χ0v) is 15.4. The maximum atomic E-state index is 12.2. The molecular formula is C19H24N6O2. The highest BCUT2D eigenvalue weighted by Gasteiger charge is 2.40. The normalized spacial score (nSPS) is 28.6. The van der Waals surface area contributed by atoms with Crippen molar-refractivity contribution in [2.24, 2.45) is 21.8 Å². The molecule has 0 bridgehead atoms.